The highest BCUT2D eigenvalue weighted by Crippen LogP contribution is 2.41. The van der Waals surface area contributed by atoms with Crippen molar-refractivity contribution in [3.8, 4) is 0 Å². The van der Waals surface area contributed by atoms with E-state index in [0.717, 1.165) is 12.8 Å². The first-order chi connectivity index (χ1) is 8.55. The maximum Gasteiger partial charge on any atom is 0.184 e. The number of aliphatic hydroxyl groups is 2. The number of aliphatic hydroxyl groups excluding tert-OH is 2. The SMILES string of the molecule is CCC1(CC)O[C@@H]2[C@@H](C)C[C@@H](CO)OC(O)[C@@H]2O1. The lowest BCUT2D eigenvalue weighted by atomic mass is 9.95. The summed E-state index contributed by atoms with van der Waals surface area (Å²) in [4.78, 5) is 0. The normalized spacial score (nSPS) is 43.5. The van der Waals surface area contributed by atoms with Crippen molar-refractivity contribution < 1.29 is 24.4 Å². The largest absolute Gasteiger partial charge is 0.394 e. The summed E-state index contributed by atoms with van der Waals surface area (Å²) >= 11 is 0. The molecular weight excluding hydrogens is 236 g/mol. The molecule has 2 rings (SSSR count). The van der Waals surface area contributed by atoms with Crippen molar-refractivity contribution in [1.82, 2.24) is 0 Å². The summed E-state index contributed by atoms with van der Waals surface area (Å²) in [6.45, 7) is 5.99. The van der Waals surface area contributed by atoms with E-state index in [1.165, 1.54) is 0 Å². The van der Waals surface area contributed by atoms with Gasteiger partial charge < -0.3 is 24.4 Å². The Bertz CT molecular complexity index is 257. The molecule has 5 atom stereocenters. The minimum Gasteiger partial charge on any atom is -0.394 e. The van der Waals surface area contributed by atoms with Crippen LogP contribution in [0.5, 0.6) is 0 Å². The average molecular weight is 260 g/mol. The molecule has 0 spiro atoms. The smallest absolute Gasteiger partial charge is 0.184 e. The van der Waals surface area contributed by atoms with E-state index in [1.54, 1.807) is 0 Å². The minimum atomic E-state index is -1.03. The van der Waals surface area contributed by atoms with E-state index in [9.17, 15) is 10.2 Å². The predicted octanol–water partition coefficient (Wildman–Crippen LogP) is 1.02. The molecule has 0 radical (unpaired) electrons. The van der Waals surface area contributed by atoms with Gasteiger partial charge in [0.05, 0.1) is 18.8 Å². The predicted molar refractivity (Wildman–Crippen MR) is 64.8 cm³/mol. The molecule has 1 unspecified atom stereocenters. The fourth-order valence-corrected chi connectivity index (χ4v) is 2.90. The summed E-state index contributed by atoms with van der Waals surface area (Å²) in [5.74, 6) is -0.413. The van der Waals surface area contributed by atoms with E-state index in [2.05, 4.69) is 0 Å². The Hall–Kier alpha value is -0.200. The molecule has 2 N–H and O–H groups in total. The fraction of sp³-hybridized carbons (Fsp3) is 1.00. The Morgan fingerprint density at radius 1 is 1.17 bits per heavy atom. The number of fused-ring (bicyclic) bond motifs is 1. The zero-order chi connectivity index (χ0) is 13.3. The monoisotopic (exact) mass is 260 g/mol. The highest BCUT2D eigenvalue weighted by molar-refractivity contribution is 4.92. The van der Waals surface area contributed by atoms with Crippen LogP contribution in [-0.4, -0.2) is 47.2 Å². The second kappa shape index (κ2) is 5.43. The fourth-order valence-electron chi connectivity index (χ4n) is 2.90. The second-order valence-electron chi connectivity index (χ2n) is 5.33. The van der Waals surface area contributed by atoms with Gasteiger partial charge in [-0.05, 0) is 25.2 Å². The van der Waals surface area contributed by atoms with Crippen molar-refractivity contribution in [2.75, 3.05) is 6.61 Å². The molecule has 2 aliphatic rings. The van der Waals surface area contributed by atoms with Crippen molar-refractivity contribution in [2.45, 2.75) is 70.4 Å². The first-order valence-electron chi connectivity index (χ1n) is 6.85. The second-order valence-corrected chi connectivity index (χ2v) is 5.33. The first-order valence-corrected chi connectivity index (χ1v) is 6.85. The topological polar surface area (TPSA) is 68.2 Å². The van der Waals surface area contributed by atoms with E-state index >= 15 is 0 Å². The summed E-state index contributed by atoms with van der Waals surface area (Å²) in [5.41, 5.74) is 0. The highest BCUT2D eigenvalue weighted by atomic mass is 16.8. The number of ether oxygens (including phenoxy) is 3. The van der Waals surface area contributed by atoms with Crippen LogP contribution in [0.2, 0.25) is 0 Å². The van der Waals surface area contributed by atoms with Gasteiger partial charge in [0.2, 0.25) is 0 Å². The summed E-state index contributed by atoms with van der Waals surface area (Å²) in [6.07, 6.45) is 0.163. The molecule has 0 aliphatic carbocycles. The van der Waals surface area contributed by atoms with Gasteiger partial charge in [0.25, 0.3) is 0 Å². The van der Waals surface area contributed by atoms with Gasteiger partial charge in [-0.1, -0.05) is 20.8 Å². The molecule has 0 amide bonds. The Morgan fingerprint density at radius 3 is 2.33 bits per heavy atom. The van der Waals surface area contributed by atoms with Crippen LogP contribution in [0, 0.1) is 5.92 Å². The van der Waals surface area contributed by atoms with Crippen LogP contribution in [0.3, 0.4) is 0 Å². The van der Waals surface area contributed by atoms with Crippen molar-refractivity contribution in [3.05, 3.63) is 0 Å². The van der Waals surface area contributed by atoms with Crippen LogP contribution in [0.15, 0.2) is 0 Å². The molecule has 0 bridgehead atoms. The molecule has 2 fully saturated rings. The highest BCUT2D eigenvalue weighted by Gasteiger charge is 2.52. The average Bonchev–Trinajstić information content (AvgIpc) is 2.74. The standard InChI is InChI=1S/C13H24O5/c1-4-13(5-2)17-10-8(3)6-9(7-14)16-12(15)11(10)18-13/h8-12,14-15H,4-7H2,1-3H3/t8-,9-,10+,11+,12?/m0/s1. The molecule has 18 heavy (non-hydrogen) atoms. The molecule has 0 aromatic heterocycles. The molecule has 2 saturated heterocycles. The molecule has 5 nitrogen and oxygen atoms in total. The summed E-state index contributed by atoms with van der Waals surface area (Å²) < 4.78 is 17.4. The van der Waals surface area contributed by atoms with Crippen molar-refractivity contribution in [2.24, 2.45) is 5.92 Å². The minimum absolute atomic E-state index is 0.0897. The molecule has 2 aliphatic heterocycles. The lowest BCUT2D eigenvalue weighted by molar-refractivity contribution is -0.232. The van der Waals surface area contributed by atoms with Gasteiger partial charge in [-0.3, -0.25) is 0 Å². The number of rotatable bonds is 3. The Morgan fingerprint density at radius 2 is 1.78 bits per heavy atom. The molecular formula is C13H24O5. The van der Waals surface area contributed by atoms with Crippen molar-refractivity contribution in [3.63, 3.8) is 0 Å². The quantitative estimate of drug-likeness (QED) is 0.793. The molecule has 0 saturated carbocycles. The van der Waals surface area contributed by atoms with Crippen LogP contribution in [0.25, 0.3) is 0 Å². The van der Waals surface area contributed by atoms with Gasteiger partial charge in [-0.2, -0.15) is 0 Å². The van der Waals surface area contributed by atoms with Gasteiger partial charge >= 0.3 is 0 Å². The van der Waals surface area contributed by atoms with Crippen molar-refractivity contribution in [1.29, 1.82) is 0 Å². The van der Waals surface area contributed by atoms with E-state index in [4.69, 9.17) is 14.2 Å². The molecule has 106 valence electrons. The Kier molecular flexibility index (Phi) is 4.29. The molecule has 5 heteroatoms. The van der Waals surface area contributed by atoms with Crippen LogP contribution >= 0.6 is 0 Å². The lowest BCUT2D eigenvalue weighted by Crippen LogP contribution is -2.38. The van der Waals surface area contributed by atoms with E-state index < -0.39 is 18.2 Å². The van der Waals surface area contributed by atoms with Gasteiger partial charge in [0.15, 0.2) is 12.1 Å². The molecule has 0 aromatic carbocycles. The third-order valence-corrected chi connectivity index (χ3v) is 4.11. The molecule has 0 aromatic rings. The summed E-state index contributed by atoms with van der Waals surface area (Å²) in [6, 6.07) is 0. The summed E-state index contributed by atoms with van der Waals surface area (Å²) in [7, 11) is 0. The van der Waals surface area contributed by atoms with Crippen molar-refractivity contribution >= 4 is 0 Å². The number of hydrogen-bond acceptors (Lipinski definition) is 5. The van der Waals surface area contributed by atoms with Crippen LogP contribution < -0.4 is 0 Å². The van der Waals surface area contributed by atoms with Gasteiger partial charge in [0, 0.05) is 0 Å². The summed E-state index contributed by atoms with van der Waals surface area (Å²) in [5, 5.41) is 19.3. The van der Waals surface area contributed by atoms with E-state index in [1.807, 2.05) is 20.8 Å². The zero-order valence-corrected chi connectivity index (χ0v) is 11.3. The van der Waals surface area contributed by atoms with Gasteiger partial charge in [-0.15, -0.1) is 0 Å². The number of hydrogen-bond donors (Lipinski definition) is 2. The zero-order valence-electron chi connectivity index (χ0n) is 11.3. The third kappa shape index (κ3) is 2.42. The molecule has 2 heterocycles. The van der Waals surface area contributed by atoms with Crippen LogP contribution in [0.1, 0.15) is 40.0 Å². The maximum atomic E-state index is 10.1. The van der Waals surface area contributed by atoms with Gasteiger partial charge in [-0.25, -0.2) is 0 Å². The van der Waals surface area contributed by atoms with E-state index in [0.29, 0.717) is 6.42 Å². The van der Waals surface area contributed by atoms with E-state index in [-0.39, 0.29) is 24.7 Å². The van der Waals surface area contributed by atoms with Crippen LogP contribution in [-0.2, 0) is 14.2 Å². The maximum absolute atomic E-state index is 10.1. The Balaban J connectivity index is 2.16. The van der Waals surface area contributed by atoms with Crippen LogP contribution in [0.4, 0.5) is 0 Å². The lowest BCUT2D eigenvalue weighted by Gasteiger charge is -2.27. The van der Waals surface area contributed by atoms with Gasteiger partial charge in [0.1, 0.15) is 6.10 Å². The Labute approximate surface area is 108 Å². The third-order valence-electron chi connectivity index (χ3n) is 4.11. The first kappa shape index (κ1) is 14.2.